The first-order valence-electron chi connectivity index (χ1n) is 8.74. The number of non-ortho nitro benzene ring substituents is 1. The molecule has 0 bridgehead atoms. The average molecular weight is 475 g/mol. The fourth-order valence-electron chi connectivity index (χ4n) is 2.49. The molecule has 1 N–H and O–H groups in total. The van der Waals surface area contributed by atoms with Crippen molar-refractivity contribution < 1.29 is 19.4 Å². The van der Waals surface area contributed by atoms with E-state index >= 15 is 0 Å². The minimum atomic E-state index is -0.749. The van der Waals surface area contributed by atoms with Crippen molar-refractivity contribution in [3.8, 4) is 5.75 Å². The highest BCUT2D eigenvalue weighted by molar-refractivity contribution is 6.36. The van der Waals surface area contributed by atoms with Gasteiger partial charge in [-0.05, 0) is 54.1 Å². The van der Waals surface area contributed by atoms with Crippen molar-refractivity contribution >= 4 is 52.4 Å². The van der Waals surface area contributed by atoms with Crippen LogP contribution in [0.15, 0.2) is 65.8 Å². The normalized spacial score (nSPS) is 10.7. The van der Waals surface area contributed by atoms with Crippen LogP contribution in [0.25, 0.3) is 0 Å². The zero-order valence-electron chi connectivity index (χ0n) is 15.9. The van der Waals surface area contributed by atoms with Gasteiger partial charge in [0.25, 0.3) is 5.69 Å². The fraction of sp³-hybridized carbons (Fsp3) is 0. The number of nitro benzene ring substituents is 2. The summed E-state index contributed by atoms with van der Waals surface area (Å²) in [4.78, 5) is 32.7. The van der Waals surface area contributed by atoms with Crippen molar-refractivity contribution in [3.63, 3.8) is 0 Å². The molecule has 0 heterocycles. The molecule has 0 atom stereocenters. The van der Waals surface area contributed by atoms with Crippen molar-refractivity contribution in [2.24, 2.45) is 5.10 Å². The Morgan fingerprint density at radius 3 is 2.31 bits per heavy atom. The molecule has 0 unspecified atom stereocenters. The van der Waals surface area contributed by atoms with Gasteiger partial charge in [-0.2, -0.15) is 5.10 Å². The van der Waals surface area contributed by atoms with Crippen LogP contribution in [0.4, 0.5) is 17.1 Å². The van der Waals surface area contributed by atoms with Gasteiger partial charge < -0.3 is 4.74 Å². The molecule has 3 aromatic carbocycles. The average Bonchev–Trinajstić information content (AvgIpc) is 2.74. The third-order valence-corrected chi connectivity index (χ3v) is 4.58. The Hall–Kier alpha value is -4.02. The molecule has 0 aliphatic rings. The monoisotopic (exact) mass is 474 g/mol. The van der Waals surface area contributed by atoms with Gasteiger partial charge in [-0.15, -0.1) is 0 Å². The molecule has 0 aliphatic carbocycles. The molecule has 12 heteroatoms. The predicted molar refractivity (Wildman–Crippen MR) is 119 cm³/mol. The number of hydrazone groups is 1. The number of nitrogens with one attached hydrogen (secondary N) is 1. The van der Waals surface area contributed by atoms with E-state index in [2.05, 4.69) is 10.5 Å². The summed E-state index contributed by atoms with van der Waals surface area (Å²) in [5, 5.41) is 26.4. The lowest BCUT2D eigenvalue weighted by Gasteiger charge is -2.06. The Balaban J connectivity index is 1.66. The molecule has 0 spiro atoms. The van der Waals surface area contributed by atoms with E-state index in [1.807, 2.05) is 0 Å². The van der Waals surface area contributed by atoms with Crippen LogP contribution in [0, 0.1) is 20.2 Å². The van der Waals surface area contributed by atoms with Gasteiger partial charge in [0.1, 0.15) is 11.4 Å². The molecular weight excluding hydrogens is 463 g/mol. The van der Waals surface area contributed by atoms with E-state index in [4.69, 9.17) is 27.9 Å². The molecular formula is C20H12Cl2N4O6. The van der Waals surface area contributed by atoms with E-state index < -0.39 is 27.2 Å². The number of rotatable bonds is 7. The number of carbonyl (C=O) groups is 1. The molecule has 0 aromatic heterocycles. The second-order valence-electron chi connectivity index (χ2n) is 6.17. The maximum atomic E-state index is 12.2. The quantitative estimate of drug-likeness (QED) is 0.157. The topological polar surface area (TPSA) is 137 Å². The molecule has 162 valence electrons. The second kappa shape index (κ2) is 9.86. The molecule has 0 saturated carbocycles. The summed E-state index contributed by atoms with van der Waals surface area (Å²) in [6, 6.07) is 13.8. The summed E-state index contributed by atoms with van der Waals surface area (Å²) in [5.41, 5.74) is 2.33. The van der Waals surface area contributed by atoms with Gasteiger partial charge in [-0.25, -0.2) is 4.79 Å². The van der Waals surface area contributed by atoms with Crippen LogP contribution >= 0.6 is 23.2 Å². The Morgan fingerprint density at radius 2 is 1.69 bits per heavy atom. The summed E-state index contributed by atoms with van der Waals surface area (Å²) < 4.78 is 5.27. The molecule has 3 aromatic rings. The van der Waals surface area contributed by atoms with Crippen molar-refractivity contribution in [3.05, 3.63) is 102 Å². The van der Waals surface area contributed by atoms with Crippen molar-refractivity contribution in [2.45, 2.75) is 0 Å². The smallest absolute Gasteiger partial charge is 0.345 e. The Bertz CT molecular complexity index is 1230. The first-order chi connectivity index (χ1) is 15.2. The molecule has 3 rings (SSSR count). The van der Waals surface area contributed by atoms with Gasteiger partial charge >= 0.3 is 11.7 Å². The van der Waals surface area contributed by atoms with Crippen LogP contribution in [0.5, 0.6) is 5.75 Å². The summed E-state index contributed by atoms with van der Waals surface area (Å²) >= 11 is 11.8. The van der Waals surface area contributed by atoms with Crippen molar-refractivity contribution in [2.75, 3.05) is 5.43 Å². The number of carbonyl (C=O) groups excluding carboxylic acids is 1. The van der Waals surface area contributed by atoms with E-state index in [1.54, 1.807) is 12.1 Å². The SMILES string of the molecule is O=C(Oc1ccc(/C=N\Nc2ccc([N+](=O)[O-])cc2[N+](=O)[O-])cc1)c1ccc(Cl)cc1Cl. The summed E-state index contributed by atoms with van der Waals surface area (Å²) in [7, 11) is 0. The van der Waals surface area contributed by atoms with E-state index in [0.717, 1.165) is 12.1 Å². The number of nitrogens with zero attached hydrogens (tertiary/aromatic N) is 3. The molecule has 10 nitrogen and oxygen atoms in total. The number of esters is 1. The van der Waals surface area contributed by atoms with E-state index in [0.29, 0.717) is 10.6 Å². The zero-order chi connectivity index (χ0) is 23.3. The first kappa shape index (κ1) is 22.7. The Labute approximate surface area is 190 Å². The highest BCUT2D eigenvalue weighted by Gasteiger charge is 2.19. The largest absolute Gasteiger partial charge is 0.423 e. The number of anilines is 1. The van der Waals surface area contributed by atoms with Gasteiger partial charge in [-0.1, -0.05) is 23.2 Å². The van der Waals surface area contributed by atoms with Crippen LogP contribution in [0.2, 0.25) is 10.0 Å². The van der Waals surface area contributed by atoms with Crippen LogP contribution in [0.3, 0.4) is 0 Å². The van der Waals surface area contributed by atoms with Gasteiger partial charge in [0.15, 0.2) is 0 Å². The standard InChI is InChI=1S/C20H12Cl2N4O6/c21-13-3-7-16(17(22)9-13)20(27)32-15-5-1-12(2-6-15)11-23-24-18-8-4-14(25(28)29)10-19(18)26(30)31/h1-11,24H/b23-11-. The number of hydrogen-bond donors (Lipinski definition) is 1. The predicted octanol–water partition coefficient (Wildman–Crippen LogP) is 5.48. The minimum absolute atomic E-state index is 0.0118. The van der Waals surface area contributed by atoms with Gasteiger partial charge in [0.2, 0.25) is 0 Å². The summed E-state index contributed by atoms with van der Waals surface area (Å²) in [6.45, 7) is 0. The molecule has 0 amide bonds. The number of nitro groups is 2. The lowest BCUT2D eigenvalue weighted by atomic mass is 10.2. The van der Waals surface area contributed by atoms with Gasteiger partial charge in [-0.3, -0.25) is 25.7 Å². The molecule has 0 radical (unpaired) electrons. The first-order valence-corrected chi connectivity index (χ1v) is 9.49. The number of hydrogen-bond acceptors (Lipinski definition) is 8. The highest BCUT2D eigenvalue weighted by atomic mass is 35.5. The second-order valence-corrected chi connectivity index (χ2v) is 7.01. The minimum Gasteiger partial charge on any atom is -0.423 e. The molecule has 0 aliphatic heterocycles. The third kappa shape index (κ3) is 5.56. The van der Waals surface area contributed by atoms with E-state index in [9.17, 15) is 25.0 Å². The van der Waals surface area contributed by atoms with Gasteiger partial charge in [0.05, 0.1) is 32.7 Å². The Morgan fingerprint density at radius 1 is 0.969 bits per heavy atom. The number of ether oxygens (including phenoxy) is 1. The highest BCUT2D eigenvalue weighted by Crippen LogP contribution is 2.29. The molecule has 0 saturated heterocycles. The van der Waals surface area contributed by atoms with Crippen molar-refractivity contribution in [1.29, 1.82) is 0 Å². The van der Waals surface area contributed by atoms with Crippen LogP contribution in [-0.4, -0.2) is 22.0 Å². The zero-order valence-corrected chi connectivity index (χ0v) is 17.4. The maximum Gasteiger partial charge on any atom is 0.345 e. The molecule has 32 heavy (non-hydrogen) atoms. The van der Waals surface area contributed by atoms with Crippen LogP contribution < -0.4 is 10.2 Å². The lowest BCUT2D eigenvalue weighted by molar-refractivity contribution is -0.393. The fourth-order valence-corrected chi connectivity index (χ4v) is 2.98. The van der Waals surface area contributed by atoms with Crippen molar-refractivity contribution in [1.82, 2.24) is 0 Å². The maximum absolute atomic E-state index is 12.2. The lowest BCUT2D eigenvalue weighted by Crippen LogP contribution is -2.09. The number of benzene rings is 3. The molecule has 0 fully saturated rings. The van der Waals surface area contributed by atoms with E-state index in [1.165, 1.54) is 42.6 Å². The third-order valence-electron chi connectivity index (χ3n) is 4.03. The van der Waals surface area contributed by atoms with Crippen LogP contribution in [-0.2, 0) is 0 Å². The summed E-state index contributed by atoms with van der Waals surface area (Å²) in [6.07, 6.45) is 1.37. The van der Waals surface area contributed by atoms with Gasteiger partial charge in [0, 0.05) is 11.1 Å². The summed E-state index contributed by atoms with van der Waals surface area (Å²) in [5.74, 6) is -0.391. The Kier molecular flexibility index (Phi) is 6.98. The van der Waals surface area contributed by atoms with Crippen LogP contribution in [0.1, 0.15) is 15.9 Å². The van der Waals surface area contributed by atoms with E-state index in [-0.39, 0.29) is 22.0 Å². The number of halogens is 2.